The van der Waals surface area contributed by atoms with Crippen LogP contribution in [0.5, 0.6) is 11.5 Å². The SMILES string of the molecule is CCC(CC(N)C(=O)O)C(C)c1cccc(OC)c1OC. The first-order valence-electron chi connectivity index (χ1n) is 7.15. The topological polar surface area (TPSA) is 81.8 Å². The predicted octanol–water partition coefficient (Wildman–Crippen LogP) is 2.64. The highest BCUT2D eigenvalue weighted by Gasteiger charge is 2.26. The van der Waals surface area contributed by atoms with E-state index in [2.05, 4.69) is 6.92 Å². The highest BCUT2D eigenvalue weighted by Crippen LogP contribution is 2.40. The molecular formula is C16H25NO4. The van der Waals surface area contributed by atoms with Crippen molar-refractivity contribution in [3.63, 3.8) is 0 Å². The van der Waals surface area contributed by atoms with Crippen LogP contribution >= 0.6 is 0 Å². The number of rotatable bonds is 8. The van der Waals surface area contributed by atoms with Gasteiger partial charge in [0.1, 0.15) is 6.04 Å². The van der Waals surface area contributed by atoms with Crippen molar-refractivity contribution >= 4 is 5.97 Å². The molecular weight excluding hydrogens is 270 g/mol. The lowest BCUT2D eigenvalue weighted by Crippen LogP contribution is -2.33. The van der Waals surface area contributed by atoms with Gasteiger partial charge in [0, 0.05) is 5.56 Å². The standard InChI is InChI=1S/C16H25NO4/c1-5-11(9-13(17)16(18)19)10(2)12-7-6-8-14(20-3)15(12)21-4/h6-8,10-11,13H,5,9,17H2,1-4H3,(H,18,19). The molecule has 3 N–H and O–H groups in total. The first kappa shape index (κ1) is 17.3. The van der Waals surface area contributed by atoms with Crippen LogP contribution < -0.4 is 15.2 Å². The molecule has 0 heterocycles. The third-order valence-corrected chi connectivity index (χ3v) is 4.03. The third-order valence-electron chi connectivity index (χ3n) is 4.03. The summed E-state index contributed by atoms with van der Waals surface area (Å²) in [4.78, 5) is 11.0. The van der Waals surface area contributed by atoms with Crippen molar-refractivity contribution in [2.24, 2.45) is 11.7 Å². The van der Waals surface area contributed by atoms with E-state index in [9.17, 15) is 4.79 Å². The lowest BCUT2D eigenvalue weighted by Gasteiger charge is -2.26. The summed E-state index contributed by atoms with van der Waals surface area (Å²) in [5.74, 6) is 0.717. The van der Waals surface area contributed by atoms with E-state index in [1.165, 1.54) is 0 Å². The number of nitrogens with two attached hydrogens (primary N) is 1. The average Bonchev–Trinajstić information content (AvgIpc) is 2.50. The number of para-hydroxylation sites is 1. The van der Waals surface area contributed by atoms with Crippen molar-refractivity contribution in [3.05, 3.63) is 23.8 Å². The van der Waals surface area contributed by atoms with E-state index in [-0.39, 0.29) is 11.8 Å². The zero-order chi connectivity index (χ0) is 16.0. The minimum absolute atomic E-state index is 0.130. The highest BCUT2D eigenvalue weighted by molar-refractivity contribution is 5.73. The van der Waals surface area contributed by atoms with Crippen molar-refractivity contribution in [3.8, 4) is 11.5 Å². The fraction of sp³-hybridized carbons (Fsp3) is 0.562. The summed E-state index contributed by atoms with van der Waals surface area (Å²) in [7, 11) is 3.21. The molecule has 21 heavy (non-hydrogen) atoms. The van der Waals surface area contributed by atoms with Gasteiger partial charge in [0.05, 0.1) is 14.2 Å². The Balaban J connectivity index is 3.04. The van der Waals surface area contributed by atoms with Crippen LogP contribution in [0.15, 0.2) is 18.2 Å². The van der Waals surface area contributed by atoms with Crippen LogP contribution in [0.4, 0.5) is 0 Å². The van der Waals surface area contributed by atoms with Crippen molar-refractivity contribution < 1.29 is 19.4 Å². The molecule has 3 atom stereocenters. The fourth-order valence-corrected chi connectivity index (χ4v) is 2.68. The van der Waals surface area contributed by atoms with Crippen molar-refractivity contribution in [2.45, 2.75) is 38.6 Å². The second kappa shape index (κ2) is 7.88. The maximum atomic E-state index is 11.0. The molecule has 3 unspecified atom stereocenters. The molecule has 0 fully saturated rings. The number of carbonyl (C=O) groups is 1. The van der Waals surface area contributed by atoms with Crippen molar-refractivity contribution in [1.29, 1.82) is 0 Å². The average molecular weight is 295 g/mol. The lowest BCUT2D eigenvalue weighted by molar-refractivity contribution is -0.139. The van der Waals surface area contributed by atoms with E-state index in [1.807, 2.05) is 25.1 Å². The van der Waals surface area contributed by atoms with E-state index in [1.54, 1.807) is 14.2 Å². The van der Waals surface area contributed by atoms with Crippen LogP contribution in [0.25, 0.3) is 0 Å². The largest absolute Gasteiger partial charge is 0.493 e. The maximum Gasteiger partial charge on any atom is 0.320 e. The van der Waals surface area contributed by atoms with Crippen LogP contribution in [-0.2, 0) is 4.79 Å². The Kier molecular flexibility index (Phi) is 6.49. The van der Waals surface area contributed by atoms with Gasteiger partial charge in [-0.3, -0.25) is 4.79 Å². The summed E-state index contributed by atoms with van der Waals surface area (Å²) >= 11 is 0. The summed E-state index contributed by atoms with van der Waals surface area (Å²) in [6.45, 7) is 4.11. The number of aliphatic carboxylic acids is 1. The summed E-state index contributed by atoms with van der Waals surface area (Å²) < 4.78 is 10.8. The van der Waals surface area contributed by atoms with Gasteiger partial charge in [-0.2, -0.15) is 0 Å². The minimum atomic E-state index is -0.960. The maximum absolute atomic E-state index is 11.0. The zero-order valence-electron chi connectivity index (χ0n) is 13.1. The minimum Gasteiger partial charge on any atom is -0.493 e. The van der Waals surface area contributed by atoms with E-state index in [0.717, 1.165) is 12.0 Å². The van der Waals surface area contributed by atoms with Crippen LogP contribution in [0.2, 0.25) is 0 Å². The first-order chi connectivity index (χ1) is 9.96. The van der Waals surface area contributed by atoms with Gasteiger partial charge in [-0.15, -0.1) is 0 Å². The Morgan fingerprint density at radius 1 is 1.33 bits per heavy atom. The van der Waals surface area contributed by atoms with Gasteiger partial charge < -0.3 is 20.3 Å². The Bertz CT molecular complexity index is 475. The Morgan fingerprint density at radius 2 is 2.00 bits per heavy atom. The van der Waals surface area contributed by atoms with E-state index < -0.39 is 12.0 Å². The molecule has 0 radical (unpaired) electrons. The van der Waals surface area contributed by atoms with Gasteiger partial charge in [-0.25, -0.2) is 0 Å². The third kappa shape index (κ3) is 4.11. The summed E-state index contributed by atoms with van der Waals surface area (Å²) in [5, 5.41) is 8.99. The lowest BCUT2D eigenvalue weighted by atomic mass is 9.81. The van der Waals surface area contributed by atoms with Crippen LogP contribution in [0, 0.1) is 5.92 Å². The molecule has 0 saturated carbocycles. The quantitative estimate of drug-likeness (QED) is 0.770. The van der Waals surface area contributed by atoms with E-state index in [0.29, 0.717) is 17.9 Å². The Morgan fingerprint density at radius 3 is 2.48 bits per heavy atom. The van der Waals surface area contributed by atoms with Crippen LogP contribution in [0.3, 0.4) is 0 Å². The van der Waals surface area contributed by atoms with Gasteiger partial charge in [0.25, 0.3) is 0 Å². The number of hydrogen-bond donors (Lipinski definition) is 2. The first-order valence-corrected chi connectivity index (χ1v) is 7.15. The predicted molar refractivity (Wildman–Crippen MR) is 82.0 cm³/mol. The normalized spacial score (nSPS) is 15.1. The smallest absolute Gasteiger partial charge is 0.320 e. The molecule has 0 spiro atoms. The highest BCUT2D eigenvalue weighted by atomic mass is 16.5. The van der Waals surface area contributed by atoms with Gasteiger partial charge >= 0.3 is 5.97 Å². The molecule has 0 aliphatic rings. The number of methoxy groups -OCH3 is 2. The Hall–Kier alpha value is -1.75. The molecule has 1 aromatic rings. The molecule has 0 aliphatic heterocycles. The van der Waals surface area contributed by atoms with Crippen LogP contribution in [-0.4, -0.2) is 31.3 Å². The molecule has 1 aromatic carbocycles. The van der Waals surface area contributed by atoms with Gasteiger partial charge in [-0.1, -0.05) is 32.4 Å². The van der Waals surface area contributed by atoms with Gasteiger partial charge in [-0.05, 0) is 24.3 Å². The fourth-order valence-electron chi connectivity index (χ4n) is 2.68. The molecule has 5 nitrogen and oxygen atoms in total. The monoisotopic (exact) mass is 295 g/mol. The number of benzene rings is 1. The van der Waals surface area contributed by atoms with Crippen LogP contribution in [0.1, 0.15) is 38.2 Å². The summed E-state index contributed by atoms with van der Waals surface area (Å²) in [6, 6.07) is 4.91. The van der Waals surface area contributed by atoms with Crippen molar-refractivity contribution in [1.82, 2.24) is 0 Å². The second-order valence-corrected chi connectivity index (χ2v) is 5.22. The molecule has 5 heteroatoms. The summed E-state index contributed by atoms with van der Waals surface area (Å²) in [6.07, 6.45) is 1.29. The zero-order valence-corrected chi connectivity index (χ0v) is 13.1. The molecule has 0 aromatic heterocycles. The van der Waals surface area contributed by atoms with E-state index in [4.69, 9.17) is 20.3 Å². The number of hydrogen-bond acceptors (Lipinski definition) is 4. The van der Waals surface area contributed by atoms with E-state index >= 15 is 0 Å². The molecule has 0 amide bonds. The Labute approximate surface area is 126 Å². The molecule has 0 bridgehead atoms. The second-order valence-electron chi connectivity index (χ2n) is 5.22. The number of carboxylic acid groups (broad SMARTS) is 1. The van der Waals surface area contributed by atoms with Gasteiger partial charge in [0.15, 0.2) is 11.5 Å². The van der Waals surface area contributed by atoms with Gasteiger partial charge in [0.2, 0.25) is 0 Å². The molecule has 118 valence electrons. The molecule has 1 rings (SSSR count). The number of carboxylic acids is 1. The molecule has 0 saturated heterocycles. The van der Waals surface area contributed by atoms with Crippen molar-refractivity contribution in [2.75, 3.05) is 14.2 Å². The molecule has 0 aliphatic carbocycles. The number of ether oxygens (including phenoxy) is 2. The summed E-state index contributed by atoms with van der Waals surface area (Å²) in [5.41, 5.74) is 6.70.